The zero-order valence-corrected chi connectivity index (χ0v) is 12.7. The van der Waals surface area contributed by atoms with Gasteiger partial charge in [-0.1, -0.05) is 0 Å². The minimum Gasteiger partial charge on any atom is -0.439 e. The highest BCUT2D eigenvalue weighted by Crippen LogP contribution is 2.31. The second kappa shape index (κ2) is 5.15. The Morgan fingerprint density at radius 3 is 2.64 bits per heavy atom. The molecule has 0 bridgehead atoms. The van der Waals surface area contributed by atoms with Gasteiger partial charge in [-0.3, -0.25) is 9.59 Å². The van der Waals surface area contributed by atoms with Crippen LogP contribution in [0.5, 0.6) is 0 Å². The van der Waals surface area contributed by atoms with Crippen LogP contribution in [0.15, 0.2) is 18.3 Å². The predicted octanol–water partition coefficient (Wildman–Crippen LogP) is 0.651. The van der Waals surface area contributed by atoms with Crippen molar-refractivity contribution in [3.8, 4) is 0 Å². The van der Waals surface area contributed by atoms with E-state index in [1.807, 2.05) is 0 Å². The second-order valence-electron chi connectivity index (χ2n) is 6.07. The van der Waals surface area contributed by atoms with Crippen LogP contribution in [0, 0.1) is 0 Å². The lowest BCUT2D eigenvalue weighted by molar-refractivity contribution is -0.132. The van der Waals surface area contributed by atoms with Gasteiger partial charge in [0.15, 0.2) is 0 Å². The Kier molecular flexibility index (Phi) is 3.42. The molecule has 1 atom stereocenters. The Bertz CT molecular complexity index is 638. The van der Waals surface area contributed by atoms with E-state index in [4.69, 9.17) is 4.74 Å². The average Bonchev–Trinajstić information content (AvgIpc) is 3.02. The van der Waals surface area contributed by atoms with E-state index in [0.29, 0.717) is 31.6 Å². The topological polar surface area (TPSA) is 71.8 Å². The molecule has 0 unspecified atom stereocenters. The molecule has 0 aliphatic carbocycles. The van der Waals surface area contributed by atoms with E-state index in [0.717, 1.165) is 0 Å². The van der Waals surface area contributed by atoms with Crippen molar-refractivity contribution in [1.29, 1.82) is 0 Å². The summed E-state index contributed by atoms with van der Waals surface area (Å²) in [5.41, 5.74) is -0.307. The lowest BCUT2D eigenvalue weighted by atomic mass is 9.92. The van der Waals surface area contributed by atoms with Gasteiger partial charge in [-0.05, 0) is 25.0 Å². The van der Waals surface area contributed by atoms with Crippen molar-refractivity contribution in [3.05, 3.63) is 24.0 Å². The number of hydrogen-bond acceptors (Lipinski definition) is 4. The van der Waals surface area contributed by atoms with Gasteiger partial charge in [-0.15, -0.1) is 0 Å². The highest BCUT2D eigenvalue weighted by Gasteiger charge is 2.48. The maximum Gasteiger partial charge on any atom is 0.410 e. The van der Waals surface area contributed by atoms with Crippen LogP contribution in [0.25, 0.3) is 0 Å². The monoisotopic (exact) mass is 305 g/mol. The number of piperidine rings is 1. The molecule has 1 aromatic rings. The van der Waals surface area contributed by atoms with Crippen LogP contribution >= 0.6 is 0 Å². The van der Waals surface area contributed by atoms with Crippen molar-refractivity contribution in [2.75, 3.05) is 26.7 Å². The fraction of sp³-hybridized carbons (Fsp3) is 0.533. The molecule has 118 valence electrons. The zero-order valence-electron chi connectivity index (χ0n) is 12.7. The van der Waals surface area contributed by atoms with Crippen molar-refractivity contribution in [2.45, 2.75) is 18.4 Å². The van der Waals surface area contributed by atoms with Crippen molar-refractivity contribution >= 4 is 17.8 Å². The molecule has 2 aliphatic rings. The van der Waals surface area contributed by atoms with Gasteiger partial charge in [0.2, 0.25) is 0 Å². The lowest BCUT2D eigenvalue weighted by Gasteiger charge is -2.37. The van der Waals surface area contributed by atoms with Crippen LogP contribution in [0.2, 0.25) is 0 Å². The summed E-state index contributed by atoms with van der Waals surface area (Å²) < 4.78 is 7.08. The van der Waals surface area contributed by atoms with Crippen LogP contribution in [0.4, 0.5) is 4.79 Å². The normalized spacial score (nSPS) is 24.7. The van der Waals surface area contributed by atoms with Crippen molar-refractivity contribution < 1.29 is 19.1 Å². The Morgan fingerprint density at radius 1 is 1.27 bits per heavy atom. The molecule has 2 fully saturated rings. The van der Waals surface area contributed by atoms with Crippen LogP contribution in [-0.4, -0.2) is 64.4 Å². The molecule has 1 spiro atoms. The Balaban J connectivity index is 1.75. The van der Waals surface area contributed by atoms with Crippen molar-refractivity contribution in [3.63, 3.8) is 0 Å². The Hall–Kier alpha value is -2.31. The quantitative estimate of drug-likeness (QED) is 0.594. The predicted molar refractivity (Wildman–Crippen MR) is 77.4 cm³/mol. The number of ketones is 1. The molecule has 0 saturated carbocycles. The first-order valence-corrected chi connectivity index (χ1v) is 7.31. The lowest BCUT2D eigenvalue weighted by Crippen LogP contribution is -2.53. The molecule has 2 saturated heterocycles. The zero-order chi connectivity index (χ0) is 15.9. The van der Waals surface area contributed by atoms with Gasteiger partial charge in [0, 0.05) is 26.8 Å². The number of likely N-dealkylation sites (N-methyl/N-ethyl adjacent to an activating group) is 1. The first kappa shape index (κ1) is 14.6. The highest BCUT2D eigenvalue weighted by atomic mass is 16.6. The standard InChI is InChI=1S/C15H19N3O4/c1-16-7-3-5-11(16)12(19)13(20)18-8-4-6-15(10-18)9-17(2)14(21)22-15/h3,5,7H,4,6,8-10H2,1-2H3/t15-/m0/s1. The fourth-order valence-electron chi connectivity index (χ4n) is 3.23. The van der Waals surface area contributed by atoms with E-state index >= 15 is 0 Å². The summed E-state index contributed by atoms with van der Waals surface area (Å²) in [5, 5.41) is 0. The molecule has 1 aromatic heterocycles. The molecule has 2 aliphatic heterocycles. The van der Waals surface area contributed by atoms with Crippen molar-refractivity contribution in [1.82, 2.24) is 14.4 Å². The summed E-state index contributed by atoms with van der Waals surface area (Å²) in [5.74, 6) is -1.06. The first-order chi connectivity index (χ1) is 10.4. The molecule has 0 radical (unpaired) electrons. The van der Waals surface area contributed by atoms with Crippen LogP contribution in [0.1, 0.15) is 23.3 Å². The van der Waals surface area contributed by atoms with E-state index in [-0.39, 0.29) is 12.6 Å². The molecule has 0 aromatic carbocycles. The number of nitrogens with zero attached hydrogens (tertiary/aromatic N) is 3. The van der Waals surface area contributed by atoms with Crippen LogP contribution < -0.4 is 0 Å². The number of carbonyl (C=O) groups excluding carboxylic acids is 3. The maximum absolute atomic E-state index is 12.5. The third kappa shape index (κ3) is 2.36. The summed E-state index contributed by atoms with van der Waals surface area (Å²) in [6.45, 7) is 1.24. The number of rotatable bonds is 2. The fourth-order valence-corrected chi connectivity index (χ4v) is 3.23. The summed E-state index contributed by atoms with van der Waals surface area (Å²) >= 11 is 0. The summed E-state index contributed by atoms with van der Waals surface area (Å²) in [6, 6.07) is 3.36. The second-order valence-corrected chi connectivity index (χ2v) is 6.07. The van der Waals surface area contributed by atoms with Crippen LogP contribution in [-0.2, 0) is 16.6 Å². The minimum absolute atomic E-state index is 0.276. The number of likely N-dealkylation sites (tertiary alicyclic amines) is 1. The van der Waals surface area contributed by atoms with Gasteiger partial charge < -0.3 is 19.1 Å². The maximum atomic E-state index is 12.5. The summed E-state index contributed by atoms with van der Waals surface area (Å²) in [7, 11) is 3.40. The van der Waals surface area contributed by atoms with E-state index in [2.05, 4.69) is 0 Å². The van der Waals surface area contributed by atoms with Crippen LogP contribution in [0.3, 0.4) is 0 Å². The molecule has 7 nitrogen and oxygen atoms in total. The number of aromatic nitrogens is 1. The van der Waals surface area contributed by atoms with Gasteiger partial charge in [0.1, 0.15) is 5.60 Å². The SMILES string of the molecule is CN1C[C@]2(CCCN(C(=O)C(=O)c3cccn3C)C2)OC1=O. The smallest absolute Gasteiger partial charge is 0.410 e. The number of carbonyl (C=O) groups is 3. The minimum atomic E-state index is -0.672. The molecule has 3 rings (SSSR count). The van der Waals surface area contributed by atoms with E-state index in [1.54, 1.807) is 37.0 Å². The van der Waals surface area contributed by atoms with Gasteiger partial charge >= 0.3 is 6.09 Å². The molecule has 3 heterocycles. The molecule has 7 heteroatoms. The third-order valence-electron chi connectivity index (χ3n) is 4.34. The number of Topliss-reactive ketones (excluding diaryl/α,β-unsaturated/α-hetero) is 1. The number of amides is 2. The third-order valence-corrected chi connectivity index (χ3v) is 4.34. The first-order valence-electron chi connectivity index (χ1n) is 7.31. The molecule has 22 heavy (non-hydrogen) atoms. The van der Waals surface area contributed by atoms with Gasteiger partial charge in [0.25, 0.3) is 11.7 Å². The summed E-state index contributed by atoms with van der Waals surface area (Å²) in [6.07, 6.45) is 2.78. The van der Waals surface area contributed by atoms with E-state index < -0.39 is 17.3 Å². The van der Waals surface area contributed by atoms with E-state index in [1.165, 1.54) is 9.80 Å². The molecule has 0 N–H and O–H groups in total. The van der Waals surface area contributed by atoms with Gasteiger partial charge in [-0.25, -0.2) is 4.79 Å². The van der Waals surface area contributed by atoms with Gasteiger partial charge in [0.05, 0.1) is 18.8 Å². The van der Waals surface area contributed by atoms with Gasteiger partial charge in [-0.2, -0.15) is 0 Å². The average molecular weight is 305 g/mol. The number of hydrogen-bond donors (Lipinski definition) is 0. The Labute approximate surface area is 128 Å². The van der Waals surface area contributed by atoms with Crippen molar-refractivity contribution in [2.24, 2.45) is 7.05 Å². The molecule has 2 amide bonds. The largest absolute Gasteiger partial charge is 0.439 e. The Morgan fingerprint density at radius 2 is 2.05 bits per heavy atom. The summed E-state index contributed by atoms with van der Waals surface area (Å²) in [4.78, 5) is 39.4. The highest BCUT2D eigenvalue weighted by molar-refractivity contribution is 6.42. The molecular weight excluding hydrogens is 286 g/mol. The molecular formula is C15H19N3O4. The number of ether oxygens (including phenoxy) is 1. The van der Waals surface area contributed by atoms with E-state index in [9.17, 15) is 14.4 Å². The number of aryl methyl sites for hydroxylation is 1.